The smallest absolute Gasteiger partial charge is 0.257 e. The van der Waals surface area contributed by atoms with Crippen molar-refractivity contribution in [1.29, 1.82) is 0 Å². The Morgan fingerprint density at radius 2 is 1.58 bits per heavy atom. The van der Waals surface area contributed by atoms with Crippen molar-refractivity contribution >= 4 is 17.5 Å². The molecule has 160 valence electrons. The van der Waals surface area contributed by atoms with Gasteiger partial charge in [-0.2, -0.15) is 0 Å². The van der Waals surface area contributed by atoms with Gasteiger partial charge in [-0.25, -0.2) is 0 Å². The van der Waals surface area contributed by atoms with Crippen LogP contribution in [-0.4, -0.2) is 34.8 Å². The van der Waals surface area contributed by atoms with Crippen molar-refractivity contribution in [3.05, 3.63) is 95.3 Å². The first-order chi connectivity index (χ1) is 15.1. The largest absolute Gasteiger partial charge is 0.348 e. The molecule has 0 aliphatic heterocycles. The summed E-state index contributed by atoms with van der Waals surface area (Å²) in [5.74, 6) is -0.458. The fourth-order valence-electron chi connectivity index (χ4n) is 3.19. The van der Waals surface area contributed by atoms with Gasteiger partial charge in [-0.05, 0) is 54.5 Å². The predicted molar refractivity (Wildman–Crippen MR) is 123 cm³/mol. The van der Waals surface area contributed by atoms with E-state index in [4.69, 9.17) is 0 Å². The summed E-state index contributed by atoms with van der Waals surface area (Å²) in [6, 6.07) is 18.6. The van der Waals surface area contributed by atoms with Crippen molar-refractivity contribution in [2.45, 2.75) is 26.9 Å². The number of rotatable bonds is 9. The standard InChI is InChI=1S/C25H28N4O2/c1-3-29(4-2)18-20-12-10-19(11-13-20)16-27-24(30)21-7-5-9-23(15-21)28-25(31)22-8-6-14-26-17-22/h5-15,17H,3-4,16,18H2,1-2H3,(H,27,30)(H,28,31). The topological polar surface area (TPSA) is 74.3 Å². The fourth-order valence-corrected chi connectivity index (χ4v) is 3.19. The maximum absolute atomic E-state index is 12.6. The molecule has 0 atom stereocenters. The van der Waals surface area contributed by atoms with Gasteiger partial charge in [0, 0.05) is 36.7 Å². The number of nitrogens with zero attached hydrogens (tertiary/aromatic N) is 2. The molecular formula is C25H28N4O2. The fraction of sp³-hybridized carbons (Fsp3) is 0.240. The lowest BCUT2D eigenvalue weighted by atomic mass is 10.1. The van der Waals surface area contributed by atoms with Crippen molar-refractivity contribution in [2.24, 2.45) is 0 Å². The highest BCUT2D eigenvalue weighted by Gasteiger charge is 2.10. The molecule has 6 nitrogen and oxygen atoms in total. The monoisotopic (exact) mass is 416 g/mol. The molecule has 31 heavy (non-hydrogen) atoms. The third-order valence-electron chi connectivity index (χ3n) is 5.08. The zero-order valence-electron chi connectivity index (χ0n) is 18.0. The Hall–Kier alpha value is -3.51. The Morgan fingerprint density at radius 1 is 0.871 bits per heavy atom. The van der Waals surface area contributed by atoms with Crippen molar-refractivity contribution in [1.82, 2.24) is 15.2 Å². The van der Waals surface area contributed by atoms with Crippen LogP contribution in [0.3, 0.4) is 0 Å². The summed E-state index contributed by atoms with van der Waals surface area (Å²) >= 11 is 0. The number of benzene rings is 2. The van der Waals surface area contributed by atoms with Crippen LogP contribution in [0.25, 0.3) is 0 Å². The van der Waals surface area contributed by atoms with Gasteiger partial charge in [0.1, 0.15) is 0 Å². The van der Waals surface area contributed by atoms with Gasteiger partial charge in [0.05, 0.1) is 5.56 Å². The van der Waals surface area contributed by atoms with Crippen LogP contribution in [0, 0.1) is 0 Å². The van der Waals surface area contributed by atoms with Crippen LogP contribution in [0.2, 0.25) is 0 Å². The second kappa shape index (κ2) is 11.0. The summed E-state index contributed by atoms with van der Waals surface area (Å²) < 4.78 is 0. The molecule has 0 aliphatic rings. The number of pyridine rings is 1. The maximum Gasteiger partial charge on any atom is 0.257 e. The summed E-state index contributed by atoms with van der Waals surface area (Å²) in [5, 5.41) is 5.73. The summed E-state index contributed by atoms with van der Waals surface area (Å²) in [5.41, 5.74) is 3.81. The second-order valence-electron chi connectivity index (χ2n) is 7.24. The minimum absolute atomic E-state index is 0.190. The highest BCUT2D eigenvalue weighted by Crippen LogP contribution is 2.13. The summed E-state index contributed by atoms with van der Waals surface area (Å²) in [6.45, 7) is 7.74. The van der Waals surface area contributed by atoms with Crippen molar-refractivity contribution in [3.63, 3.8) is 0 Å². The summed E-state index contributed by atoms with van der Waals surface area (Å²) in [4.78, 5) is 31.2. The van der Waals surface area contributed by atoms with Crippen LogP contribution in [0.5, 0.6) is 0 Å². The highest BCUT2D eigenvalue weighted by atomic mass is 16.2. The number of carbonyl (C=O) groups excluding carboxylic acids is 2. The highest BCUT2D eigenvalue weighted by molar-refractivity contribution is 6.04. The quantitative estimate of drug-likeness (QED) is 0.551. The number of hydrogen-bond acceptors (Lipinski definition) is 4. The molecule has 3 rings (SSSR count). The molecule has 2 aromatic carbocycles. The zero-order valence-corrected chi connectivity index (χ0v) is 18.0. The normalized spacial score (nSPS) is 10.7. The van der Waals surface area contributed by atoms with Crippen LogP contribution >= 0.6 is 0 Å². The van der Waals surface area contributed by atoms with E-state index in [-0.39, 0.29) is 11.8 Å². The Bertz CT molecular complexity index is 1000. The van der Waals surface area contributed by atoms with Gasteiger partial charge in [-0.1, -0.05) is 44.2 Å². The van der Waals surface area contributed by atoms with E-state index >= 15 is 0 Å². The van der Waals surface area contributed by atoms with Gasteiger partial charge >= 0.3 is 0 Å². The molecule has 0 saturated carbocycles. The second-order valence-corrected chi connectivity index (χ2v) is 7.24. The number of anilines is 1. The zero-order chi connectivity index (χ0) is 22.1. The van der Waals surface area contributed by atoms with Crippen LogP contribution in [0.4, 0.5) is 5.69 Å². The maximum atomic E-state index is 12.6. The Morgan fingerprint density at radius 3 is 2.26 bits per heavy atom. The average molecular weight is 417 g/mol. The van der Waals surface area contributed by atoms with E-state index in [2.05, 4.69) is 46.5 Å². The molecule has 1 aromatic heterocycles. The van der Waals surface area contributed by atoms with E-state index in [1.807, 2.05) is 12.1 Å². The molecule has 0 spiro atoms. The number of nitrogens with one attached hydrogen (secondary N) is 2. The van der Waals surface area contributed by atoms with Crippen LogP contribution in [0.15, 0.2) is 73.1 Å². The molecule has 0 bridgehead atoms. The van der Waals surface area contributed by atoms with Gasteiger partial charge in [0.25, 0.3) is 11.8 Å². The predicted octanol–water partition coefficient (Wildman–Crippen LogP) is 4.11. The van der Waals surface area contributed by atoms with Crippen LogP contribution < -0.4 is 10.6 Å². The van der Waals surface area contributed by atoms with Crippen LogP contribution in [-0.2, 0) is 13.1 Å². The van der Waals surface area contributed by atoms with E-state index < -0.39 is 0 Å². The molecular weight excluding hydrogens is 388 g/mol. The van der Waals surface area contributed by atoms with Gasteiger partial charge in [0.2, 0.25) is 0 Å². The molecule has 0 unspecified atom stereocenters. The lowest BCUT2D eigenvalue weighted by Crippen LogP contribution is -2.23. The first-order valence-electron chi connectivity index (χ1n) is 10.5. The van der Waals surface area contributed by atoms with Gasteiger partial charge in [-0.3, -0.25) is 19.5 Å². The molecule has 0 saturated heterocycles. The Kier molecular flexibility index (Phi) is 7.90. The first-order valence-corrected chi connectivity index (χ1v) is 10.5. The molecule has 2 N–H and O–H groups in total. The van der Waals surface area contributed by atoms with Gasteiger partial charge < -0.3 is 10.6 Å². The van der Waals surface area contributed by atoms with E-state index in [0.717, 1.165) is 25.2 Å². The number of carbonyl (C=O) groups is 2. The summed E-state index contributed by atoms with van der Waals surface area (Å²) in [6.07, 6.45) is 3.11. The minimum atomic E-state index is -0.268. The van der Waals surface area contributed by atoms with Crippen molar-refractivity contribution < 1.29 is 9.59 Å². The minimum Gasteiger partial charge on any atom is -0.348 e. The van der Waals surface area contributed by atoms with E-state index in [0.29, 0.717) is 23.4 Å². The van der Waals surface area contributed by atoms with E-state index in [1.165, 1.54) is 11.8 Å². The Labute approximate surface area is 183 Å². The van der Waals surface area contributed by atoms with Gasteiger partial charge in [-0.15, -0.1) is 0 Å². The molecule has 1 heterocycles. The molecule has 0 fully saturated rings. The van der Waals surface area contributed by atoms with Crippen molar-refractivity contribution in [3.8, 4) is 0 Å². The van der Waals surface area contributed by atoms with Crippen molar-refractivity contribution in [2.75, 3.05) is 18.4 Å². The van der Waals surface area contributed by atoms with Crippen LogP contribution in [0.1, 0.15) is 45.7 Å². The first kappa shape index (κ1) is 22.2. The average Bonchev–Trinajstić information content (AvgIpc) is 2.82. The van der Waals surface area contributed by atoms with E-state index in [1.54, 1.807) is 42.6 Å². The number of aromatic nitrogens is 1. The summed E-state index contributed by atoms with van der Waals surface area (Å²) in [7, 11) is 0. The lowest BCUT2D eigenvalue weighted by molar-refractivity contribution is 0.0949. The molecule has 6 heteroatoms. The van der Waals surface area contributed by atoms with Gasteiger partial charge in [0.15, 0.2) is 0 Å². The Balaban J connectivity index is 1.56. The molecule has 2 amide bonds. The number of amides is 2. The lowest BCUT2D eigenvalue weighted by Gasteiger charge is -2.18. The third-order valence-corrected chi connectivity index (χ3v) is 5.08. The SMILES string of the molecule is CCN(CC)Cc1ccc(CNC(=O)c2cccc(NC(=O)c3cccnc3)c2)cc1. The van der Waals surface area contributed by atoms with E-state index in [9.17, 15) is 9.59 Å². The molecule has 3 aromatic rings. The molecule has 0 aliphatic carbocycles. The third kappa shape index (κ3) is 6.49. The number of hydrogen-bond donors (Lipinski definition) is 2. The molecule has 0 radical (unpaired) electrons.